The van der Waals surface area contributed by atoms with Crippen LogP contribution in [0.15, 0.2) is 28.8 Å². The van der Waals surface area contributed by atoms with Gasteiger partial charge in [0.15, 0.2) is 12.4 Å². The van der Waals surface area contributed by atoms with E-state index in [0.29, 0.717) is 18.3 Å². The number of ether oxygens (including phenoxy) is 1. The van der Waals surface area contributed by atoms with E-state index < -0.39 is 12.8 Å². The van der Waals surface area contributed by atoms with Gasteiger partial charge in [-0.25, -0.2) is 0 Å². The van der Waals surface area contributed by atoms with Crippen molar-refractivity contribution >= 4 is 0 Å². The van der Waals surface area contributed by atoms with E-state index in [2.05, 4.69) is 15.0 Å². The van der Waals surface area contributed by atoms with Gasteiger partial charge in [-0.3, -0.25) is 4.90 Å². The maximum Gasteiger partial charge on any atom is 0.422 e. The third-order valence-corrected chi connectivity index (χ3v) is 3.92. The molecule has 24 heavy (non-hydrogen) atoms. The molecule has 2 aromatic rings. The highest BCUT2D eigenvalue weighted by molar-refractivity contribution is 5.33. The highest BCUT2D eigenvalue weighted by Crippen LogP contribution is 2.29. The summed E-state index contributed by atoms with van der Waals surface area (Å²) >= 11 is 0. The third-order valence-electron chi connectivity index (χ3n) is 3.92. The lowest BCUT2D eigenvalue weighted by Gasteiger charge is -2.18. The van der Waals surface area contributed by atoms with Crippen molar-refractivity contribution in [1.29, 1.82) is 0 Å². The Hall–Kier alpha value is -2.09. The van der Waals surface area contributed by atoms with Gasteiger partial charge in [-0.15, -0.1) is 0 Å². The standard InChI is InChI=1S/C16H18F3N3O2/c1-11-20-15(24-21-11)13-6-7-22(9-13)8-12-4-2-3-5-14(12)23-10-16(17,18)19/h2-5,13H,6-10H2,1H3/t13-/m0/s1. The van der Waals surface area contributed by atoms with Crippen LogP contribution >= 0.6 is 0 Å². The first-order chi connectivity index (χ1) is 11.4. The summed E-state index contributed by atoms with van der Waals surface area (Å²) in [5.41, 5.74) is 0.740. The Morgan fingerprint density at radius 2 is 2.12 bits per heavy atom. The van der Waals surface area contributed by atoms with Gasteiger partial charge in [0.2, 0.25) is 5.89 Å². The number of hydrogen-bond acceptors (Lipinski definition) is 5. The molecule has 0 amide bonds. The van der Waals surface area contributed by atoms with E-state index in [1.54, 1.807) is 31.2 Å². The fourth-order valence-corrected chi connectivity index (χ4v) is 2.83. The van der Waals surface area contributed by atoms with Gasteiger partial charge in [0.25, 0.3) is 0 Å². The summed E-state index contributed by atoms with van der Waals surface area (Å²) in [6.45, 7) is 2.56. The second-order valence-corrected chi connectivity index (χ2v) is 5.91. The first kappa shape index (κ1) is 16.8. The number of halogens is 3. The van der Waals surface area contributed by atoms with Crippen molar-refractivity contribution in [3.05, 3.63) is 41.5 Å². The number of aryl methyl sites for hydroxylation is 1. The van der Waals surface area contributed by atoms with E-state index in [-0.39, 0.29) is 11.7 Å². The first-order valence-electron chi connectivity index (χ1n) is 7.71. The number of nitrogens with zero attached hydrogens (tertiary/aromatic N) is 3. The first-order valence-corrected chi connectivity index (χ1v) is 7.71. The quantitative estimate of drug-likeness (QED) is 0.835. The van der Waals surface area contributed by atoms with Crippen LogP contribution in [0.25, 0.3) is 0 Å². The van der Waals surface area contributed by atoms with E-state index in [9.17, 15) is 13.2 Å². The zero-order chi connectivity index (χ0) is 17.2. The van der Waals surface area contributed by atoms with Crippen LogP contribution in [0.4, 0.5) is 13.2 Å². The molecule has 5 nitrogen and oxygen atoms in total. The molecule has 1 atom stereocenters. The van der Waals surface area contributed by atoms with Crippen LogP contribution in [-0.4, -0.2) is 40.9 Å². The van der Waals surface area contributed by atoms with Crippen molar-refractivity contribution in [2.24, 2.45) is 0 Å². The lowest BCUT2D eigenvalue weighted by molar-refractivity contribution is -0.153. The minimum atomic E-state index is -4.35. The molecule has 1 aromatic carbocycles. The minimum absolute atomic E-state index is 0.162. The second-order valence-electron chi connectivity index (χ2n) is 5.91. The van der Waals surface area contributed by atoms with Crippen LogP contribution in [0, 0.1) is 6.92 Å². The molecule has 1 fully saturated rings. The molecule has 130 valence electrons. The summed E-state index contributed by atoms with van der Waals surface area (Å²) in [5, 5.41) is 3.80. The number of alkyl halides is 3. The zero-order valence-electron chi connectivity index (χ0n) is 13.2. The largest absolute Gasteiger partial charge is 0.484 e. The highest BCUT2D eigenvalue weighted by atomic mass is 19.4. The van der Waals surface area contributed by atoms with Crippen molar-refractivity contribution in [1.82, 2.24) is 15.0 Å². The predicted molar refractivity (Wildman–Crippen MR) is 79.7 cm³/mol. The maximum atomic E-state index is 12.4. The molecule has 2 heterocycles. The van der Waals surface area contributed by atoms with Gasteiger partial charge in [-0.05, 0) is 26.0 Å². The number of hydrogen-bond donors (Lipinski definition) is 0. The number of likely N-dealkylation sites (tertiary alicyclic amines) is 1. The Kier molecular flexibility index (Phi) is 4.75. The SMILES string of the molecule is Cc1noc([C@H]2CCN(Cc3ccccc3OCC(F)(F)F)C2)n1. The summed E-state index contributed by atoms with van der Waals surface area (Å²) in [6, 6.07) is 6.82. The minimum Gasteiger partial charge on any atom is -0.484 e. The molecule has 8 heteroatoms. The molecule has 1 saturated heterocycles. The fourth-order valence-electron chi connectivity index (χ4n) is 2.83. The fraction of sp³-hybridized carbons (Fsp3) is 0.500. The third kappa shape index (κ3) is 4.25. The van der Waals surface area contributed by atoms with Gasteiger partial charge >= 0.3 is 6.18 Å². The maximum absolute atomic E-state index is 12.4. The smallest absolute Gasteiger partial charge is 0.422 e. The number of aromatic nitrogens is 2. The summed E-state index contributed by atoms with van der Waals surface area (Å²) in [4.78, 5) is 6.41. The van der Waals surface area contributed by atoms with Crippen LogP contribution in [-0.2, 0) is 6.54 Å². The molecule has 0 N–H and O–H groups in total. The van der Waals surface area contributed by atoms with Crippen LogP contribution in [0.1, 0.15) is 29.6 Å². The normalized spacial score (nSPS) is 18.9. The Bertz CT molecular complexity index is 687. The van der Waals surface area contributed by atoms with E-state index >= 15 is 0 Å². The monoisotopic (exact) mass is 341 g/mol. The summed E-state index contributed by atoms with van der Waals surface area (Å²) in [5.74, 6) is 1.66. The number of benzene rings is 1. The lowest BCUT2D eigenvalue weighted by Crippen LogP contribution is -2.22. The average Bonchev–Trinajstić information content (AvgIpc) is 3.14. The number of para-hydroxylation sites is 1. The molecule has 1 aromatic heterocycles. The Labute approximate surface area is 137 Å². The molecular weight excluding hydrogens is 323 g/mol. The second kappa shape index (κ2) is 6.80. The summed E-state index contributed by atoms with van der Waals surface area (Å²) < 4.78 is 47.2. The van der Waals surface area contributed by atoms with Crippen LogP contribution in [0.2, 0.25) is 0 Å². The lowest BCUT2D eigenvalue weighted by atomic mass is 10.1. The molecule has 0 spiro atoms. The summed E-state index contributed by atoms with van der Waals surface area (Å²) in [7, 11) is 0. The molecular formula is C16H18F3N3O2. The molecule has 0 radical (unpaired) electrons. The summed E-state index contributed by atoms with van der Waals surface area (Å²) in [6.07, 6.45) is -3.46. The van der Waals surface area contributed by atoms with Gasteiger partial charge in [0, 0.05) is 18.7 Å². The van der Waals surface area contributed by atoms with Gasteiger partial charge in [0.05, 0.1) is 5.92 Å². The Morgan fingerprint density at radius 3 is 2.83 bits per heavy atom. The molecule has 0 aliphatic carbocycles. The van der Waals surface area contributed by atoms with E-state index in [4.69, 9.17) is 9.26 Å². The van der Waals surface area contributed by atoms with Crippen molar-refractivity contribution in [3.63, 3.8) is 0 Å². The molecule has 0 bridgehead atoms. The topological polar surface area (TPSA) is 51.4 Å². The van der Waals surface area contributed by atoms with Gasteiger partial charge in [-0.2, -0.15) is 18.2 Å². The van der Waals surface area contributed by atoms with Crippen molar-refractivity contribution in [3.8, 4) is 5.75 Å². The van der Waals surface area contributed by atoms with Crippen molar-refractivity contribution < 1.29 is 22.4 Å². The molecule has 1 aliphatic heterocycles. The van der Waals surface area contributed by atoms with Crippen molar-refractivity contribution in [2.45, 2.75) is 32.0 Å². The van der Waals surface area contributed by atoms with E-state index in [0.717, 1.165) is 25.1 Å². The zero-order valence-corrected chi connectivity index (χ0v) is 13.2. The average molecular weight is 341 g/mol. The van der Waals surface area contributed by atoms with Crippen molar-refractivity contribution in [2.75, 3.05) is 19.7 Å². The van der Waals surface area contributed by atoms with Crippen LogP contribution < -0.4 is 4.74 Å². The Morgan fingerprint density at radius 1 is 1.33 bits per heavy atom. The van der Waals surface area contributed by atoms with E-state index in [1.165, 1.54) is 0 Å². The van der Waals surface area contributed by atoms with Crippen LogP contribution in [0.5, 0.6) is 5.75 Å². The molecule has 1 aliphatic rings. The molecule has 0 saturated carbocycles. The van der Waals surface area contributed by atoms with E-state index in [1.807, 2.05) is 0 Å². The predicted octanol–water partition coefficient (Wildman–Crippen LogP) is 3.31. The molecule has 0 unspecified atom stereocenters. The van der Waals surface area contributed by atoms with Gasteiger partial charge in [-0.1, -0.05) is 23.4 Å². The van der Waals surface area contributed by atoms with Gasteiger partial charge in [0.1, 0.15) is 5.75 Å². The van der Waals surface area contributed by atoms with Gasteiger partial charge < -0.3 is 9.26 Å². The number of rotatable bonds is 5. The molecule has 3 rings (SSSR count). The Balaban J connectivity index is 1.62. The highest BCUT2D eigenvalue weighted by Gasteiger charge is 2.30. The van der Waals surface area contributed by atoms with Crippen LogP contribution in [0.3, 0.4) is 0 Å².